The van der Waals surface area contributed by atoms with E-state index in [1.165, 1.54) is 37.7 Å². The van der Waals surface area contributed by atoms with E-state index in [-0.39, 0.29) is 48.9 Å². The quantitative estimate of drug-likeness (QED) is 0.147. The largest absolute Gasteiger partial charge is 0.391 e. The maximum absolute atomic E-state index is 14.9. The van der Waals surface area contributed by atoms with Crippen molar-refractivity contribution in [2.75, 3.05) is 14.1 Å². The van der Waals surface area contributed by atoms with Crippen LogP contribution in [-0.4, -0.2) is 100 Å². The number of benzene rings is 2. The molecule has 0 saturated carbocycles. The minimum atomic E-state index is -1.28. The molecule has 0 fully saturated rings. The van der Waals surface area contributed by atoms with Crippen LogP contribution in [0.3, 0.4) is 0 Å². The number of aliphatic hydroxyl groups excluding tert-OH is 1. The molecule has 0 aliphatic heterocycles. The molecule has 4 N–H and O–H groups in total. The number of nitrogens with one attached hydrogen (secondary N) is 1. The Morgan fingerprint density at radius 3 is 1.69 bits per heavy atom. The summed E-state index contributed by atoms with van der Waals surface area (Å²) < 4.78 is 0. The third-order valence-electron chi connectivity index (χ3n) is 10.9. The van der Waals surface area contributed by atoms with Gasteiger partial charge in [-0.1, -0.05) is 102 Å². The van der Waals surface area contributed by atoms with Crippen LogP contribution in [0.2, 0.25) is 0 Å². The van der Waals surface area contributed by atoms with E-state index < -0.39 is 83.4 Å². The van der Waals surface area contributed by atoms with Crippen molar-refractivity contribution in [1.82, 2.24) is 15.1 Å². The van der Waals surface area contributed by atoms with Crippen molar-refractivity contribution in [3.05, 3.63) is 71.8 Å². The second kappa shape index (κ2) is 22.8. The molecule has 13 nitrogen and oxygen atoms in total. The number of carbonyl (C=O) groups is 7. The van der Waals surface area contributed by atoms with Gasteiger partial charge in [-0.2, -0.15) is 0 Å². The SMILES string of the molecule is CCC(C(=O)C(C)N(C)C(=O)[C@@H](NC(C)=O)C(C)O)C(Cc1ccccc1)C(=O)C(C)[C@@H](CC(C)C)C(=O)/N=C(\C(=O)N(C)[C@@H](Cc1ccccc1)C(N)=O)C(C)C. The molecule has 0 aromatic heterocycles. The van der Waals surface area contributed by atoms with Crippen molar-refractivity contribution < 1.29 is 38.7 Å². The molecule has 0 aliphatic carbocycles. The maximum atomic E-state index is 14.9. The number of amides is 5. The molecule has 2 aromatic carbocycles. The lowest BCUT2D eigenvalue weighted by atomic mass is 9.71. The Balaban J connectivity index is 2.58. The van der Waals surface area contributed by atoms with Gasteiger partial charge in [-0.05, 0) is 50.2 Å². The molecule has 13 heteroatoms. The second-order valence-corrected chi connectivity index (χ2v) is 16.2. The minimum Gasteiger partial charge on any atom is -0.391 e. The number of rotatable bonds is 22. The predicted molar refractivity (Wildman–Crippen MR) is 224 cm³/mol. The third kappa shape index (κ3) is 13.5. The van der Waals surface area contributed by atoms with Gasteiger partial charge in [0.05, 0.1) is 12.1 Å². The van der Waals surface area contributed by atoms with Crippen LogP contribution in [0.4, 0.5) is 0 Å². The van der Waals surface area contributed by atoms with Crippen LogP contribution in [0, 0.1) is 35.5 Å². The van der Waals surface area contributed by atoms with Crippen LogP contribution in [0.5, 0.6) is 0 Å². The van der Waals surface area contributed by atoms with E-state index in [2.05, 4.69) is 10.3 Å². The van der Waals surface area contributed by atoms with Crippen molar-refractivity contribution in [2.24, 2.45) is 46.2 Å². The number of hydrogen-bond donors (Lipinski definition) is 3. The summed E-state index contributed by atoms with van der Waals surface area (Å²) in [6, 6.07) is 15.0. The monoisotopic (exact) mass is 803 g/mol. The molecule has 0 radical (unpaired) electrons. The van der Waals surface area contributed by atoms with Crippen LogP contribution in [0.25, 0.3) is 0 Å². The Kier molecular flexibility index (Phi) is 19.3. The number of primary amides is 1. The number of Topliss-reactive ketones (excluding diaryl/α,β-unsaturated/α-hetero) is 2. The van der Waals surface area contributed by atoms with Crippen LogP contribution in [0.1, 0.15) is 86.3 Å². The summed E-state index contributed by atoms with van der Waals surface area (Å²) in [4.78, 5) is 102. The molecule has 5 unspecified atom stereocenters. The fourth-order valence-corrected chi connectivity index (χ4v) is 7.29. The first-order valence-electron chi connectivity index (χ1n) is 20.2. The molecule has 0 bridgehead atoms. The topological polar surface area (TPSA) is 197 Å². The molecule has 0 saturated heterocycles. The highest BCUT2D eigenvalue weighted by Crippen LogP contribution is 2.33. The Morgan fingerprint density at radius 1 is 0.741 bits per heavy atom. The van der Waals surface area contributed by atoms with E-state index in [1.807, 2.05) is 74.5 Å². The highest BCUT2D eigenvalue weighted by atomic mass is 16.3. The summed E-state index contributed by atoms with van der Waals surface area (Å²) in [6.07, 6.45) is -0.374. The molecular formula is C45H65N5O8. The van der Waals surface area contributed by atoms with E-state index in [1.54, 1.807) is 34.6 Å². The number of hydrogen-bond acceptors (Lipinski definition) is 8. The summed E-state index contributed by atoms with van der Waals surface area (Å²) in [5.74, 6) is -8.13. The summed E-state index contributed by atoms with van der Waals surface area (Å²) in [7, 11) is 2.87. The van der Waals surface area contributed by atoms with Gasteiger partial charge in [-0.3, -0.25) is 33.6 Å². The van der Waals surface area contributed by atoms with Crippen LogP contribution >= 0.6 is 0 Å². The highest BCUT2D eigenvalue weighted by Gasteiger charge is 2.42. The van der Waals surface area contributed by atoms with Crippen molar-refractivity contribution in [3.8, 4) is 0 Å². The number of ketones is 2. The molecule has 0 aliphatic rings. The van der Waals surface area contributed by atoms with Gasteiger partial charge in [0, 0.05) is 57.0 Å². The zero-order valence-electron chi connectivity index (χ0n) is 36.1. The van der Waals surface area contributed by atoms with Gasteiger partial charge in [0.25, 0.3) is 5.91 Å². The maximum Gasteiger partial charge on any atom is 0.269 e. The van der Waals surface area contributed by atoms with Gasteiger partial charge in [0.15, 0.2) is 5.78 Å². The first kappa shape index (κ1) is 49.1. The fraction of sp³-hybridized carbons (Fsp3) is 0.556. The van der Waals surface area contributed by atoms with Crippen molar-refractivity contribution in [3.63, 3.8) is 0 Å². The van der Waals surface area contributed by atoms with Gasteiger partial charge < -0.3 is 26.0 Å². The summed E-state index contributed by atoms with van der Waals surface area (Å²) in [6.45, 7) is 14.9. The molecule has 2 rings (SSSR count). The third-order valence-corrected chi connectivity index (χ3v) is 10.9. The highest BCUT2D eigenvalue weighted by molar-refractivity contribution is 6.41. The zero-order chi connectivity index (χ0) is 44.0. The van der Waals surface area contributed by atoms with Crippen LogP contribution in [0.15, 0.2) is 65.7 Å². The molecular weight excluding hydrogens is 739 g/mol. The van der Waals surface area contributed by atoms with Gasteiger partial charge >= 0.3 is 0 Å². The fourth-order valence-electron chi connectivity index (χ4n) is 7.29. The van der Waals surface area contributed by atoms with Gasteiger partial charge in [-0.15, -0.1) is 0 Å². The lowest BCUT2D eigenvalue weighted by Gasteiger charge is -2.34. The smallest absolute Gasteiger partial charge is 0.269 e. The minimum absolute atomic E-state index is 0.0493. The standard InChI is InChI=1S/C45H65N5O8/c1-12-34(41(54)29(7)49(10)45(58)39(30(8)51)47-31(9)52)36(24-32-19-15-13-16-20-32)40(53)28(6)35(23-26(2)3)43(56)48-38(27(4)5)44(57)50(11)37(42(46)55)25-33-21-17-14-18-22-33/h13-22,26-30,34-37,39,51H,12,23-25H2,1-11H3,(H2,46,55)(H,47,52)/b48-38-/t28?,29?,30?,34?,35-,36?,37+,39+/m1/s1. The molecule has 318 valence electrons. The average Bonchev–Trinajstić information content (AvgIpc) is 3.18. The Bertz CT molecular complexity index is 1760. The molecule has 58 heavy (non-hydrogen) atoms. The molecule has 2 aromatic rings. The van der Waals surface area contributed by atoms with Gasteiger partial charge in [-0.25, -0.2) is 4.99 Å². The normalized spacial score (nSPS) is 15.9. The lowest BCUT2D eigenvalue weighted by molar-refractivity contribution is -0.146. The van der Waals surface area contributed by atoms with Crippen molar-refractivity contribution >= 4 is 46.8 Å². The Morgan fingerprint density at radius 2 is 1.26 bits per heavy atom. The summed E-state index contributed by atoms with van der Waals surface area (Å²) in [5, 5.41) is 12.7. The van der Waals surface area contributed by atoms with Gasteiger partial charge in [0.1, 0.15) is 23.6 Å². The van der Waals surface area contributed by atoms with E-state index >= 15 is 0 Å². The number of aliphatic imine (C=N–C) groups is 1. The number of nitrogens with zero attached hydrogens (tertiary/aromatic N) is 3. The van der Waals surface area contributed by atoms with Crippen molar-refractivity contribution in [2.45, 2.75) is 112 Å². The van der Waals surface area contributed by atoms with Crippen molar-refractivity contribution in [1.29, 1.82) is 0 Å². The van der Waals surface area contributed by atoms with E-state index in [0.717, 1.165) is 11.1 Å². The second-order valence-electron chi connectivity index (χ2n) is 16.2. The lowest BCUT2D eigenvalue weighted by Crippen LogP contribution is -2.56. The molecule has 5 amide bonds. The Labute approximate surface area is 344 Å². The van der Waals surface area contributed by atoms with E-state index in [0.29, 0.717) is 0 Å². The Hall–Kier alpha value is -5.04. The average molecular weight is 804 g/mol. The molecule has 0 heterocycles. The number of aliphatic hydroxyl groups is 1. The summed E-state index contributed by atoms with van der Waals surface area (Å²) >= 11 is 0. The molecule has 8 atom stereocenters. The van der Waals surface area contributed by atoms with E-state index in [4.69, 9.17) is 5.73 Å². The number of carbonyl (C=O) groups excluding carboxylic acids is 7. The van der Waals surface area contributed by atoms with Crippen LogP contribution < -0.4 is 11.1 Å². The summed E-state index contributed by atoms with van der Waals surface area (Å²) in [5.41, 5.74) is 7.29. The zero-order valence-corrected chi connectivity index (χ0v) is 36.1. The first-order chi connectivity index (χ1) is 27.1. The van der Waals surface area contributed by atoms with Crippen LogP contribution in [-0.2, 0) is 46.4 Å². The molecule has 0 spiro atoms. The number of likely N-dealkylation sites (N-methyl/N-ethyl adjacent to an activating group) is 2. The van der Waals surface area contributed by atoms with Gasteiger partial charge in [0.2, 0.25) is 23.6 Å². The first-order valence-corrected chi connectivity index (χ1v) is 20.2. The van der Waals surface area contributed by atoms with E-state index in [9.17, 15) is 38.7 Å². The number of nitrogens with two attached hydrogens (primary N) is 1. The predicted octanol–water partition coefficient (Wildman–Crippen LogP) is 4.22.